The molecule has 1 unspecified atom stereocenters. The van der Waals surface area contributed by atoms with Crippen LogP contribution in [0, 0.1) is 13.8 Å². The van der Waals surface area contributed by atoms with Crippen LogP contribution < -0.4 is 5.73 Å². The SMILES string of the molecule is Cc1ccc(CC(N)CCN2C(=O)c3ccccc3C2=O)c(C)c1.O=C(O)C(F)(F)F. The number of carboxylic acids is 1. The standard InChI is InChI=1S/C20H22N2O2.C2HF3O2/c1-13-7-8-15(14(2)11-13)12-16(21)9-10-22-19(23)17-5-3-4-6-18(17)20(22)24;3-2(4,5)1(6)7/h3-8,11,16H,9-10,12,21H2,1-2H3;(H,6,7). The van der Waals surface area contributed by atoms with Gasteiger partial charge in [-0.3, -0.25) is 14.5 Å². The number of alkyl halides is 3. The molecule has 2 aromatic rings. The Morgan fingerprint density at radius 2 is 1.58 bits per heavy atom. The highest BCUT2D eigenvalue weighted by Crippen LogP contribution is 2.23. The molecule has 2 amide bonds. The zero-order valence-corrected chi connectivity index (χ0v) is 17.1. The number of amides is 2. The van der Waals surface area contributed by atoms with Gasteiger partial charge in [0.2, 0.25) is 0 Å². The van der Waals surface area contributed by atoms with E-state index in [1.807, 2.05) is 0 Å². The highest BCUT2D eigenvalue weighted by molar-refractivity contribution is 6.21. The van der Waals surface area contributed by atoms with E-state index in [1.165, 1.54) is 21.6 Å². The second kappa shape index (κ2) is 9.74. The maximum absolute atomic E-state index is 12.3. The van der Waals surface area contributed by atoms with Crippen LogP contribution in [-0.2, 0) is 11.2 Å². The van der Waals surface area contributed by atoms with Crippen LogP contribution >= 0.6 is 0 Å². The van der Waals surface area contributed by atoms with Crippen LogP contribution in [0.4, 0.5) is 13.2 Å². The summed E-state index contributed by atoms with van der Waals surface area (Å²) in [6.45, 7) is 4.51. The van der Waals surface area contributed by atoms with E-state index in [1.54, 1.807) is 24.3 Å². The average molecular weight is 436 g/mol. The lowest BCUT2D eigenvalue weighted by Crippen LogP contribution is -2.35. The van der Waals surface area contributed by atoms with E-state index in [-0.39, 0.29) is 17.9 Å². The van der Waals surface area contributed by atoms with Gasteiger partial charge in [-0.15, -0.1) is 0 Å². The van der Waals surface area contributed by atoms with Crippen molar-refractivity contribution < 1.29 is 32.7 Å². The molecule has 6 nitrogen and oxygen atoms in total. The summed E-state index contributed by atoms with van der Waals surface area (Å²) in [6.07, 6.45) is -3.74. The third kappa shape index (κ3) is 6.14. The molecule has 1 aliphatic rings. The molecule has 1 heterocycles. The third-order valence-electron chi connectivity index (χ3n) is 4.82. The number of halogens is 3. The molecular formula is C22H23F3N2O4. The van der Waals surface area contributed by atoms with Crippen molar-refractivity contribution >= 4 is 17.8 Å². The quantitative estimate of drug-likeness (QED) is 0.699. The first-order chi connectivity index (χ1) is 14.4. The molecular weight excluding hydrogens is 413 g/mol. The normalized spacial score (nSPS) is 14.1. The minimum atomic E-state index is -5.08. The van der Waals surface area contributed by atoms with E-state index in [0.717, 1.165) is 6.42 Å². The Bertz CT molecular complexity index is 954. The van der Waals surface area contributed by atoms with Gasteiger partial charge in [-0.2, -0.15) is 13.2 Å². The second-order valence-electron chi connectivity index (χ2n) is 7.29. The average Bonchev–Trinajstić information content (AvgIpc) is 2.93. The fourth-order valence-electron chi connectivity index (χ4n) is 3.20. The lowest BCUT2D eigenvalue weighted by Gasteiger charge is -2.18. The van der Waals surface area contributed by atoms with E-state index in [2.05, 4.69) is 32.0 Å². The summed E-state index contributed by atoms with van der Waals surface area (Å²) in [7, 11) is 0. The molecule has 0 bridgehead atoms. The molecule has 31 heavy (non-hydrogen) atoms. The number of fused-ring (bicyclic) bond motifs is 1. The van der Waals surface area contributed by atoms with Gasteiger partial charge in [0.15, 0.2) is 0 Å². The molecule has 2 aromatic carbocycles. The number of nitrogens with zero attached hydrogens (tertiary/aromatic N) is 1. The number of aryl methyl sites for hydroxylation is 2. The smallest absolute Gasteiger partial charge is 0.475 e. The van der Waals surface area contributed by atoms with Gasteiger partial charge >= 0.3 is 12.1 Å². The van der Waals surface area contributed by atoms with Crippen molar-refractivity contribution in [1.82, 2.24) is 4.90 Å². The van der Waals surface area contributed by atoms with Crippen LogP contribution in [0.15, 0.2) is 42.5 Å². The fraction of sp³-hybridized carbons (Fsp3) is 0.318. The first kappa shape index (κ1) is 24.1. The monoisotopic (exact) mass is 436 g/mol. The predicted molar refractivity (Wildman–Crippen MR) is 108 cm³/mol. The maximum atomic E-state index is 12.3. The summed E-state index contributed by atoms with van der Waals surface area (Å²) < 4.78 is 31.7. The largest absolute Gasteiger partial charge is 0.490 e. The van der Waals surface area contributed by atoms with E-state index in [4.69, 9.17) is 15.6 Å². The molecule has 0 aromatic heterocycles. The predicted octanol–water partition coefficient (Wildman–Crippen LogP) is 3.49. The van der Waals surface area contributed by atoms with Crippen LogP contribution in [0.25, 0.3) is 0 Å². The molecule has 9 heteroatoms. The number of aliphatic carboxylic acids is 1. The lowest BCUT2D eigenvalue weighted by molar-refractivity contribution is -0.192. The second-order valence-corrected chi connectivity index (χ2v) is 7.29. The zero-order chi connectivity index (χ0) is 23.3. The molecule has 3 rings (SSSR count). The van der Waals surface area contributed by atoms with Gasteiger partial charge in [0.05, 0.1) is 11.1 Å². The first-order valence-electron chi connectivity index (χ1n) is 9.49. The Labute approximate surface area is 177 Å². The lowest BCUT2D eigenvalue weighted by atomic mass is 9.98. The summed E-state index contributed by atoms with van der Waals surface area (Å²) in [4.78, 5) is 34.9. The maximum Gasteiger partial charge on any atom is 0.490 e. The number of carbonyl (C=O) groups excluding carboxylic acids is 2. The zero-order valence-electron chi connectivity index (χ0n) is 17.1. The highest BCUT2D eigenvalue weighted by atomic mass is 19.4. The molecule has 1 aliphatic heterocycles. The molecule has 0 aliphatic carbocycles. The molecule has 0 saturated carbocycles. The summed E-state index contributed by atoms with van der Waals surface area (Å²) >= 11 is 0. The number of nitrogens with two attached hydrogens (primary N) is 1. The number of carbonyl (C=O) groups is 3. The van der Waals surface area contributed by atoms with E-state index < -0.39 is 12.1 Å². The number of rotatable bonds is 5. The Kier molecular flexibility index (Phi) is 7.56. The van der Waals surface area contributed by atoms with Crippen LogP contribution in [0.1, 0.15) is 43.8 Å². The number of imide groups is 1. The van der Waals surface area contributed by atoms with Crippen molar-refractivity contribution in [2.75, 3.05) is 6.54 Å². The van der Waals surface area contributed by atoms with E-state index in [0.29, 0.717) is 24.1 Å². The van der Waals surface area contributed by atoms with Crippen molar-refractivity contribution in [3.63, 3.8) is 0 Å². The molecule has 1 atom stereocenters. The van der Waals surface area contributed by atoms with Crippen LogP contribution in [0.5, 0.6) is 0 Å². The minimum absolute atomic E-state index is 0.0873. The number of hydrogen-bond donors (Lipinski definition) is 2. The molecule has 3 N–H and O–H groups in total. The van der Waals surface area contributed by atoms with E-state index in [9.17, 15) is 22.8 Å². The van der Waals surface area contributed by atoms with Crippen molar-refractivity contribution in [3.05, 3.63) is 70.3 Å². The fourth-order valence-corrected chi connectivity index (χ4v) is 3.20. The van der Waals surface area contributed by atoms with Crippen molar-refractivity contribution in [1.29, 1.82) is 0 Å². The number of carboxylic acid groups (broad SMARTS) is 1. The number of benzene rings is 2. The summed E-state index contributed by atoms with van der Waals surface area (Å²) in [6, 6.07) is 13.2. The first-order valence-corrected chi connectivity index (χ1v) is 9.49. The third-order valence-corrected chi connectivity index (χ3v) is 4.82. The van der Waals surface area contributed by atoms with Gasteiger partial charge in [0.1, 0.15) is 0 Å². The summed E-state index contributed by atoms with van der Waals surface area (Å²) in [5, 5.41) is 7.12. The summed E-state index contributed by atoms with van der Waals surface area (Å²) in [5.74, 6) is -3.18. The van der Waals surface area contributed by atoms with Crippen LogP contribution in [0.3, 0.4) is 0 Å². The van der Waals surface area contributed by atoms with Gasteiger partial charge in [-0.05, 0) is 49.9 Å². The van der Waals surface area contributed by atoms with Crippen molar-refractivity contribution in [3.8, 4) is 0 Å². The molecule has 0 spiro atoms. The highest BCUT2D eigenvalue weighted by Gasteiger charge is 2.38. The molecule has 0 radical (unpaired) electrons. The summed E-state index contributed by atoms with van der Waals surface area (Å²) in [5.41, 5.74) is 10.9. The van der Waals surface area contributed by atoms with Gasteiger partial charge in [-0.1, -0.05) is 35.9 Å². The Morgan fingerprint density at radius 3 is 2.03 bits per heavy atom. The van der Waals surface area contributed by atoms with Gasteiger partial charge in [0.25, 0.3) is 11.8 Å². The van der Waals surface area contributed by atoms with Crippen molar-refractivity contribution in [2.24, 2.45) is 5.73 Å². The van der Waals surface area contributed by atoms with Gasteiger partial charge < -0.3 is 10.8 Å². The van der Waals surface area contributed by atoms with Gasteiger partial charge in [0, 0.05) is 12.6 Å². The van der Waals surface area contributed by atoms with Crippen LogP contribution in [-0.4, -0.2) is 46.6 Å². The Morgan fingerprint density at radius 1 is 1.06 bits per heavy atom. The van der Waals surface area contributed by atoms with Crippen molar-refractivity contribution in [2.45, 2.75) is 38.9 Å². The minimum Gasteiger partial charge on any atom is -0.475 e. The number of hydrogen-bond acceptors (Lipinski definition) is 4. The molecule has 0 saturated heterocycles. The molecule has 166 valence electrons. The Hall–Kier alpha value is -3.20. The topological polar surface area (TPSA) is 101 Å². The molecule has 0 fully saturated rings. The Balaban J connectivity index is 0.000000423. The van der Waals surface area contributed by atoms with Gasteiger partial charge in [-0.25, -0.2) is 4.79 Å². The van der Waals surface area contributed by atoms with Crippen LogP contribution in [0.2, 0.25) is 0 Å². The van der Waals surface area contributed by atoms with E-state index >= 15 is 0 Å².